The molecule has 0 unspecified atom stereocenters. The molecule has 0 aliphatic carbocycles. The number of carbonyl (C=O) groups excluding carboxylic acids is 1. The van der Waals surface area contributed by atoms with Gasteiger partial charge in [-0.1, -0.05) is 0 Å². The van der Waals surface area contributed by atoms with E-state index >= 15 is 0 Å². The van der Waals surface area contributed by atoms with Crippen LogP contribution in [0.3, 0.4) is 0 Å². The summed E-state index contributed by atoms with van der Waals surface area (Å²) in [6, 6.07) is 20.0. The summed E-state index contributed by atoms with van der Waals surface area (Å²) in [4.78, 5) is 12.4. The summed E-state index contributed by atoms with van der Waals surface area (Å²) < 4.78 is 23.7. The highest BCUT2D eigenvalue weighted by Crippen LogP contribution is 2.19. The lowest BCUT2D eigenvalue weighted by molar-refractivity contribution is 0.102. The highest BCUT2D eigenvalue weighted by Gasteiger charge is 2.10. The number of rotatable bonds is 7. The minimum absolute atomic E-state index is 0.211. The van der Waals surface area contributed by atoms with Crippen LogP contribution >= 0.6 is 0 Å². The first-order valence-electron chi connectivity index (χ1n) is 9.48. The van der Waals surface area contributed by atoms with Crippen LogP contribution in [0.5, 0.6) is 5.75 Å². The predicted molar refractivity (Wildman–Crippen MR) is 114 cm³/mol. The zero-order valence-corrected chi connectivity index (χ0v) is 16.6. The maximum atomic E-state index is 13.0. The van der Waals surface area contributed by atoms with E-state index in [1.807, 2.05) is 0 Å². The van der Waals surface area contributed by atoms with Gasteiger partial charge in [0.25, 0.3) is 5.91 Å². The maximum Gasteiger partial charge on any atom is 0.255 e. The van der Waals surface area contributed by atoms with E-state index in [1.165, 1.54) is 12.1 Å². The molecule has 0 aliphatic rings. The van der Waals surface area contributed by atoms with Gasteiger partial charge in [-0.2, -0.15) is 0 Å². The summed E-state index contributed by atoms with van der Waals surface area (Å²) in [5, 5.41) is 14.0. The van der Waals surface area contributed by atoms with Crippen molar-refractivity contribution in [1.29, 1.82) is 0 Å². The molecule has 156 valence electrons. The summed E-state index contributed by atoms with van der Waals surface area (Å²) in [6.45, 7) is 0.311. The first-order valence-corrected chi connectivity index (χ1v) is 9.48. The van der Waals surface area contributed by atoms with E-state index in [9.17, 15) is 9.18 Å². The third-order valence-corrected chi connectivity index (χ3v) is 4.50. The van der Waals surface area contributed by atoms with Crippen LogP contribution in [0.25, 0.3) is 11.5 Å². The van der Waals surface area contributed by atoms with Crippen molar-refractivity contribution in [3.63, 3.8) is 0 Å². The molecule has 0 bridgehead atoms. The number of benzene rings is 3. The zero-order valence-electron chi connectivity index (χ0n) is 16.6. The highest BCUT2D eigenvalue weighted by atomic mass is 19.1. The fourth-order valence-corrected chi connectivity index (χ4v) is 2.83. The number of methoxy groups -OCH3 is 1. The van der Waals surface area contributed by atoms with Crippen LogP contribution in [0.2, 0.25) is 0 Å². The Morgan fingerprint density at radius 3 is 2.29 bits per heavy atom. The molecule has 0 spiro atoms. The lowest BCUT2D eigenvalue weighted by Crippen LogP contribution is -2.11. The van der Waals surface area contributed by atoms with Crippen molar-refractivity contribution in [2.24, 2.45) is 0 Å². The molecule has 0 saturated carbocycles. The lowest BCUT2D eigenvalue weighted by atomic mass is 10.2. The Hall–Kier alpha value is -4.20. The van der Waals surface area contributed by atoms with Gasteiger partial charge >= 0.3 is 0 Å². The van der Waals surface area contributed by atoms with Crippen molar-refractivity contribution < 1.29 is 18.3 Å². The van der Waals surface area contributed by atoms with Crippen LogP contribution in [-0.4, -0.2) is 23.2 Å². The average Bonchev–Trinajstić information content (AvgIpc) is 3.28. The molecule has 8 heteroatoms. The standard InChI is InChI=1S/C23H19FN4O3/c1-30-20-12-10-19(11-13-20)26-22(29)15-4-8-18(9-5-15)25-14-21-27-28-23(31-21)16-2-6-17(24)7-3-16/h2-13,25H,14H2,1H3,(H,26,29). The Morgan fingerprint density at radius 1 is 0.935 bits per heavy atom. The number of anilines is 2. The number of nitrogens with one attached hydrogen (secondary N) is 2. The number of aromatic nitrogens is 2. The third-order valence-electron chi connectivity index (χ3n) is 4.50. The SMILES string of the molecule is COc1ccc(NC(=O)c2ccc(NCc3nnc(-c4ccc(F)cc4)o3)cc2)cc1. The predicted octanol–water partition coefficient (Wildman–Crippen LogP) is 4.75. The molecule has 1 amide bonds. The van der Waals surface area contributed by atoms with Gasteiger partial charge in [-0.15, -0.1) is 10.2 Å². The Labute approximate surface area is 177 Å². The van der Waals surface area contributed by atoms with E-state index in [-0.39, 0.29) is 11.7 Å². The normalized spacial score (nSPS) is 10.5. The van der Waals surface area contributed by atoms with Crippen molar-refractivity contribution in [2.45, 2.75) is 6.54 Å². The van der Waals surface area contributed by atoms with Gasteiger partial charge in [0.1, 0.15) is 11.6 Å². The van der Waals surface area contributed by atoms with Gasteiger partial charge in [0, 0.05) is 22.5 Å². The number of hydrogen-bond acceptors (Lipinski definition) is 6. The monoisotopic (exact) mass is 418 g/mol. The molecule has 0 fully saturated rings. The molecule has 3 aromatic carbocycles. The second-order valence-electron chi connectivity index (χ2n) is 6.62. The molecule has 4 rings (SSSR count). The molecule has 0 radical (unpaired) electrons. The van der Waals surface area contributed by atoms with E-state index in [2.05, 4.69) is 20.8 Å². The quantitative estimate of drug-likeness (QED) is 0.450. The van der Waals surface area contributed by atoms with Crippen LogP contribution < -0.4 is 15.4 Å². The van der Waals surface area contributed by atoms with Gasteiger partial charge in [0.15, 0.2) is 0 Å². The summed E-state index contributed by atoms with van der Waals surface area (Å²) in [5.74, 6) is 0.895. The van der Waals surface area contributed by atoms with Gasteiger partial charge in [0.2, 0.25) is 11.8 Å². The molecule has 31 heavy (non-hydrogen) atoms. The number of nitrogens with zero attached hydrogens (tertiary/aromatic N) is 2. The van der Waals surface area contributed by atoms with Crippen LogP contribution in [0, 0.1) is 5.82 Å². The summed E-state index contributed by atoms with van der Waals surface area (Å²) in [5.41, 5.74) is 2.65. The van der Waals surface area contributed by atoms with Gasteiger partial charge < -0.3 is 19.8 Å². The molecule has 1 heterocycles. The molecule has 2 N–H and O–H groups in total. The molecule has 4 aromatic rings. The van der Waals surface area contributed by atoms with E-state index in [1.54, 1.807) is 67.8 Å². The molecular formula is C23H19FN4O3. The van der Waals surface area contributed by atoms with E-state index in [4.69, 9.17) is 9.15 Å². The molecule has 1 aromatic heterocycles. The Kier molecular flexibility index (Phi) is 5.89. The van der Waals surface area contributed by atoms with Gasteiger partial charge in [0.05, 0.1) is 13.7 Å². The van der Waals surface area contributed by atoms with Crippen molar-refractivity contribution in [3.8, 4) is 17.2 Å². The Morgan fingerprint density at radius 2 is 1.61 bits per heavy atom. The minimum atomic E-state index is -0.328. The van der Waals surface area contributed by atoms with Gasteiger partial charge in [-0.3, -0.25) is 4.79 Å². The molecule has 0 saturated heterocycles. The third kappa shape index (κ3) is 5.05. The van der Waals surface area contributed by atoms with Gasteiger partial charge in [-0.25, -0.2) is 4.39 Å². The number of hydrogen-bond donors (Lipinski definition) is 2. The number of ether oxygens (including phenoxy) is 1. The first kappa shape index (κ1) is 20.1. The Balaban J connectivity index is 1.33. The number of halogens is 1. The summed E-state index contributed by atoms with van der Waals surface area (Å²) in [6.07, 6.45) is 0. The lowest BCUT2D eigenvalue weighted by Gasteiger charge is -2.08. The van der Waals surface area contributed by atoms with E-state index < -0.39 is 0 Å². The summed E-state index contributed by atoms with van der Waals surface area (Å²) >= 11 is 0. The van der Waals surface area contributed by atoms with E-state index in [0.717, 1.165) is 11.4 Å². The van der Waals surface area contributed by atoms with Crippen LogP contribution in [0.4, 0.5) is 15.8 Å². The molecule has 0 atom stereocenters. The average molecular weight is 418 g/mol. The molecule has 0 aliphatic heterocycles. The van der Waals surface area contributed by atoms with Crippen LogP contribution in [-0.2, 0) is 6.54 Å². The first-order chi connectivity index (χ1) is 15.1. The van der Waals surface area contributed by atoms with Gasteiger partial charge in [-0.05, 0) is 72.8 Å². The largest absolute Gasteiger partial charge is 0.497 e. The number of carbonyl (C=O) groups is 1. The molecule has 7 nitrogen and oxygen atoms in total. The van der Waals surface area contributed by atoms with Crippen molar-refractivity contribution >= 4 is 17.3 Å². The van der Waals surface area contributed by atoms with Crippen LogP contribution in [0.15, 0.2) is 77.2 Å². The summed E-state index contributed by atoms with van der Waals surface area (Å²) in [7, 11) is 1.59. The number of amides is 1. The highest BCUT2D eigenvalue weighted by molar-refractivity contribution is 6.04. The second-order valence-corrected chi connectivity index (χ2v) is 6.62. The maximum absolute atomic E-state index is 13.0. The van der Waals surface area contributed by atoms with Crippen molar-refractivity contribution in [1.82, 2.24) is 10.2 Å². The van der Waals surface area contributed by atoms with Crippen LogP contribution in [0.1, 0.15) is 16.2 Å². The van der Waals surface area contributed by atoms with Crippen molar-refractivity contribution in [3.05, 3.63) is 90.1 Å². The fraction of sp³-hybridized carbons (Fsp3) is 0.0870. The molecular weight excluding hydrogens is 399 g/mol. The smallest absolute Gasteiger partial charge is 0.255 e. The van der Waals surface area contributed by atoms with E-state index in [0.29, 0.717) is 35.1 Å². The van der Waals surface area contributed by atoms with Crippen molar-refractivity contribution in [2.75, 3.05) is 17.7 Å². The fourth-order valence-electron chi connectivity index (χ4n) is 2.83. The zero-order chi connectivity index (χ0) is 21.6. The topological polar surface area (TPSA) is 89.3 Å². The Bertz CT molecular complexity index is 1160. The minimum Gasteiger partial charge on any atom is -0.497 e. The second kappa shape index (κ2) is 9.08.